The molecule has 158 valence electrons. The Kier molecular flexibility index (Phi) is 4.75. The maximum atomic E-state index is 6.33. The average Bonchev–Trinajstić information content (AvgIpc) is 3.48. The van der Waals surface area contributed by atoms with E-state index < -0.39 is 0 Å². The fourth-order valence-corrected chi connectivity index (χ4v) is 5.12. The van der Waals surface area contributed by atoms with Crippen molar-refractivity contribution in [2.45, 2.75) is 39.0 Å². The van der Waals surface area contributed by atoms with Crippen molar-refractivity contribution in [1.29, 1.82) is 0 Å². The first-order valence-corrected chi connectivity index (χ1v) is 11.6. The lowest BCUT2D eigenvalue weighted by molar-refractivity contribution is 0.544. The molecule has 5 aromatic rings. The predicted octanol–water partition coefficient (Wildman–Crippen LogP) is 7.75. The van der Waals surface area contributed by atoms with Gasteiger partial charge in [-0.15, -0.1) is 0 Å². The van der Waals surface area contributed by atoms with E-state index in [1.807, 2.05) is 18.2 Å². The Bertz CT molecular complexity index is 1410. The van der Waals surface area contributed by atoms with Crippen LogP contribution in [-0.2, 0) is 6.42 Å². The second-order valence-electron chi connectivity index (χ2n) is 9.05. The van der Waals surface area contributed by atoms with E-state index in [-0.39, 0.29) is 0 Å². The number of fused-ring (bicyclic) bond motifs is 3. The van der Waals surface area contributed by atoms with Crippen molar-refractivity contribution >= 4 is 22.1 Å². The van der Waals surface area contributed by atoms with Gasteiger partial charge in [-0.1, -0.05) is 68.1 Å². The fourth-order valence-electron chi connectivity index (χ4n) is 5.12. The van der Waals surface area contributed by atoms with Crippen molar-refractivity contribution in [2.75, 3.05) is 0 Å². The third-order valence-corrected chi connectivity index (χ3v) is 6.91. The standard InChI is InChI=1S/C29H26N2O/c1-19-16-27(30-18-22(19)17-20-8-5-6-9-20)25-13-7-12-23-24-14-15-26(21-10-3-2-4-11-21)31-29(24)32-28(23)25/h2-4,7,10-16,18,20H,5-6,8-9,17H2,1H3. The highest BCUT2D eigenvalue weighted by molar-refractivity contribution is 6.08. The minimum atomic E-state index is 0.670. The van der Waals surface area contributed by atoms with Crippen molar-refractivity contribution in [3.05, 3.63) is 84.1 Å². The van der Waals surface area contributed by atoms with Gasteiger partial charge in [0.25, 0.3) is 0 Å². The molecule has 0 saturated heterocycles. The molecule has 3 heterocycles. The van der Waals surface area contributed by atoms with E-state index in [2.05, 4.69) is 61.7 Å². The highest BCUT2D eigenvalue weighted by Crippen LogP contribution is 2.36. The molecule has 0 bridgehead atoms. The monoisotopic (exact) mass is 418 g/mol. The summed E-state index contributed by atoms with van der Waals surface area (Å²) in [5.74, 6) is 0.824. The normalized spacial score (nSPS) is 14.5. The SMILES string of the molecule is Cc1cc(-c2cccc3c2oc2nc(-c4ccccc4)ccc23)ncc1CC1CCCC1. The summed E-state index contributed by atoms with van der Waals surface area (Å²) in [6.45, 7) is 2.21. The average molecular weight is 419 g/mol. The van der Waals surface area contributed by atoms with Crippen molar-refractivity contribution in [1.82, 2.24) is 9.97 Å². The summed E-state index contributed by atoms with van der Waals surface area (Å²) < 4.78 is 6.33. The molecule has 1 aliphatic carbocycles. The summed E-state index contributed by atoms with van der Waals surface area (Å²) in [4.78, 5) is 9.68. The molecule has 2 aromatic carbocycles. The first-order chi connectivity index (χ1) is 15.8. The van der Waals surface area contributed by atoms with Crippen LogP contribution < -0.4 is 0 Å². The lowest BCUT2D eigenvalue weighted by Gasteiger charge is -2.12. The first kappa shape index (κ1) is 19.2. The molecule has 0 N–H and O–H groups in total. The van der Waals surface area contributed by atoms with E-state index >= 15 is 0 Å². The smallest absolute Gasteiger partial charge is 0.227 e. The Morgan fingerprint density at radius 1 is 0.875 bits per heavy atom. The molecule has 6 rings (SSSR count). The molecule has 0 spiro atoms. The molecule has 0 aliphatic heterocycles. The Labute approximate surface area is 188 Å². The molecule has 0 unspecified atom stereocenters. The van der Waals surface area contributed by atoms with Crippen molar-refractivity contribution in [3.63, 3.8) is 0 Å². The molecule has 1 aliphatic rings. The number of nitrogens with zero attached hydrogens (tertiary/aromatic N) is 2. The largest absolute Gasteiger partial charge is 0.437 e. The van der Waals surface area contributed by atoms with E-state index in [1.54, 1.807) is 0 Å². The van der Waals surface area contributed by atoms with Crippen LogP contribution >= 0.6 is 0 Å². The molecule has 0 atom stereocenters. The molecule has 0 radical (unpaired) electrons. The molecule has 3 nitrogen and oxygen atoms in total. The molecular formula is C29H26N2O. The van der Waals surface area contributed by atoms with Gasteiger partial charge in [0.05, 0.1) is 11.4 Å². The van der Waals surface area contributed by atoms with Crippen molar-refractivity contribution in [2.24, 2.45) is 5.92 Å². The van der Waals surface area contributed by atoms with Crippen molar-refractivity contribution < 1.29 is 4.42 Å². The highest BCUT2D eigenvalue weighted by atomic mass is 16.3. The lowest BCUT2D eigenvalue weighted by atomic mass is 9.95. The van der Waals surface area contributed by atoms with Gasteiger partial charge in [-0.2, -0.15) is 0 Å². The van der Waals surface area contributed by atoms with Gasteiger partial charge in [0.2, 0.25) is 5.71 Å². The van der Waals surface area contributed by atoms with Crippen LogP contribution in [-0.4, -0.2) is 9.97 Å². The number of benzene rings is 2. The van der Waals surface area contributed by atoms with E-state index in [0.717, 1.165) is 51.2 Å². The Morgan fingerprint density at radius 2 is 1.72 bits per heavy atom. The van der Waals surface area contributed by atoms with Crippen LogP contribution in [0.15, 0.2) is 77.3 Å². The second kappa shape index (κ2) is 7.90. The number of aryl methyl sites for hydroxylation is 1. The van der Waals surface area contributed by atoms with Crippen LogP contribution in [0.1, 0.15) is 36.8 Å². The molecule has 1 fully saturated rings. The number of aromatic nitrogens is 2. The number of furan rings is 1. The number of rotatable bonds is 4. The lowest BCUT2D eigenvalue weighted by Crippen LogP contribution is -2.02. The van der Waals surface area contributed by atoms with Crippen LogP contribution in [0.4, 0.5) is 0 Å². The third kappa shape index (κ3) is 3.38. The Balaban J connectivity index is 1.42. The van der Waals surface area contributed by atoms with Crippen LogP contribution in [0.25, 0.3) is 44.6 Å². The Hall–Kier alpha value is -3.46. The van der Waals surface area contributed by atoms with Gasteiger partial charge >= 0.3 is 0 Å². The van der Waals surface area contributed by atoms with Gasteiger partial charge in [0.15, 0.2) is 0 Å². The minimum absolute atomic E-state index is 0.670. The second-order valence-corrected chi connectivity index (χ2v) is 9.05. The van der Waals surface area contributed by atoms with E-state index in [0.29, 0.717) is 5.71 Å². The molecule has 0 amide bonds. The molecule has 3 aromatic heterocycles. The maximum absolute atomic E-state index is 6.33. The summed E-state index contributed by atoms with van der Waals surface area (Å²) in [6.07, 6.45) is 8.71. The summed E-state index contributed by atoms with van der Waals surface area (Å²) in [5.41, 5.74) is 8.22. The maximum Gasteiger partial charge on any atom is 0.227 e. The zero-order valence-corrected chi connectivity index (χ0v) is 18.3. The van der Waals surface area contributed by atoms with Crippen LogP contribution in [0.5, 0.6) is 0 Å². The highest BCUT2D eigenvalue weighted by Gasteiger charge is 2.18. The van der Waals surface area contributed by atoms with Gasteiger partial charge in [-0.3, -0.25) is 4.98 Å². The van der Waals surface area contributed by atoms with Crippen LogP contribution in [0, 0.1) is 12.8 Å². The fraction of sp³-hybridized carbons (Fsp3) is 0.241. The topological polar surface area (TPSA) is 38.9 Å². The molecule has 3 heteroatoms. The number of para-hydroxylation sites is 1. The zero-order chi connectivity index (χ0) is 21.5. The van der Waals surface area contributed by atoms with Gasteiger partial charge in [0.1, 0.15) is 5.58 Å². The van der Waals surface area contributed by atoms with E-state index in [4.69, 9.17) is 14.4 Å². The van der Waals surface area contributed by atoms with Crippen molar-refractivity contribution in [3.8, 4) is 22.5 Å². The van der Waals surface area contributed by atoms with Gasteiger partial charge < -0.3 is 4.42 Å². The van der Waals surface area contributed by atoms with Gasteiger partial charge in [-0.25, -0.2) is 4.98 Å². The molecular weight excluding hydrogens is 392 g/mol. The van der Waals surface area contributed by atoms with Crippen LogP contribution in [0.3, 0.4) is 0 Å². The van der Waals surface area contributed by atoms with Gasteiger partial charge in [0, 0.05) is 28.1 Å². The number of hydrogen-bond acceptors (Lipinski definition) is 3. The first-order valence-electron chi connectivity index (χ1n) is 11.6. The van der Waals surface area contributed by atoms with Gasteiger partial charge in [-0.05, 0) is 54.7 Å². The zero-order valence-electron chi connectivity index (χ0n) is 18.3. The summed E-state index contributed by atoms with van der Waals surface area (Å²) >= 11 is 0. The number of hydrogen-bond donors (Lipinski definition) is 0. The summed E-state index contributed by atoms with van der Waals surface area (Å²) in [7, 11) is 0. The summed E-state index contributed by atoms with van der Waals surface area (Å²) in [6, 6.07) is 22.9. The molecule has 32 heavy (non-hydrogen) atoms. The summed E-state index contributed by atoms with van der Waals surface area (Å²) in [5, 5.41) is 2.12. The van der Waals surface area contributed by atoms with Crippen LogP contribution in [0.2, 0.25) is 0 Å². The third-order valence-electron chi connectivity index (χ3n) is 6.91. The van der Waals surface area contributed by atoms with E-state index in [1.165, 1.54) is 36.8 Å². The van der Waals surface area contributed by atoms with E-state index in [9.17, 15) is 0 Å². The molecule has 1 saturated carbocycles. The Morgan fingerprint density at radius 3 is 2.53 bits per heavy atom. The number of pyridine rings is 2. The predicted molar refractivity (Wildman–Crippen MR) is 131 cm³/mol. The minimum Gasteiger partial charge on any atom is -0.437 e. The quantitative estimate of drug-likeness (QED) is 0.299.